The average Bonchev–Trinajstić information content (AvgIpc) is 3.22. The number of pyridine rings is 1. The molecule has 2 aliphatic heterocycles. The van der Waals surface area contributed by atoms with Crippen LogP contribution >= 0.6 is 11.6 Å². The second-order valence-corrected chi connectivity index (χ2v) is 10.7. The second-order valence-electron chi connectivity index (χ2n) is 10.2. The normalized spacial score (nSPS) is 19.6. The molecule has 2 unspecified atom stereocenters. The monoisotopic (exact) mass is 520 g/mol. The fraction of sp³-hybridized carbons (Fsp3) is 0.393. The molecule has 2 bridgehead atoms. The van der Waals surface area contributed by atoms with Crippen LogP contribution < -0.4 is 15.0 Å². The Hall–Kier alpha value is -3.07. The third kappa shape index (κ3) is 4.69. The number of nitrogens with one attached hydrogen (secondary N) is 1. The van der Waals surface area contributed by atoms with Gasteiger partial charge in [-0.05, 0) is 50.9 Å². The molecule has 0 radical (unpaired) electrons. The largest absolute Gasteiger partial charge is 0.462 e. The number of hydrogen-bond acceptors (Lipinski definition) is 7. The summed E-state index contributed by atoms with van der Waals surface area (Å²) >= 11 is 6.55. The minimum Gasteiger partial charge on any atom is -0.462 e. The lowest BCUT2D eigenvalue weighted by atomic mass is 10.0. The summed E-state index contributed by atoms with van der Waals surface area (Å²) in [7, 11) is 3.95. The molecule has 0 aliphatic carbocycles. The molecule has 0 spiro atoms. The van der Waals surface area contributed by atoms with E-state index in [1.807, 2.05) is 55.4 Å². The van der Waals surface area contributed by atoms with Gasteiger partial charge in [-0.3, -0.25) is 4.98 Å². The fourth-order valence-electron chi connectivity index (χ4n) is 5.48. The van der Waals surface area contributed by atoms with Crippen molar-refractivity contribution in [2.24, 2.45) is 5.92 Å². The maximum absolute atomic E-state index is 16.3. The molecule has 4 heterocycles. The van der Waals surface area contributed by atoms with E-state index in [0.717, 1.165) is 43.2 Å². The highest BCUT2D eigenvalue weighted by molar-refractivity contribution is 6.36. The zero-order chi connectivity index (χ0) is 25.5. The van der Waals surface area contributed by atoms with Gasteiger partial charge in [-0.1, -0.05) is 41.9 Å². The number of hydrogen-bond donors (Lipinski definition) is 1. The van der Waals surface area contributed by atoms with Crippen molar-refractivity contribution in [3.8, 4) is 17.3 Å². The first-order valence-corrected chi connectivity index (χ1v) is 13.2. The maximum Gasteiger partial charge on any atom is 0.319 e. The Morgan fingerprint density at radius 3 is 2.86 bits per heavy atom. The van der Waals surface area contributed by atoms with Gasteiger partial charge in [0.2, 0.25) is 0 Å². The van der Waals surface area contributed by atoms with Gasteiger partial charge in [0.05, 0.1) is 5.39 Å². The van der Waals surface area contributed by atoms with Gasteiger partial charge in [0.1, 0.15) is 23.6 Å². The van der Waals surface area contributed by atoms with E-state index in [4.69, 9.17) is 21.3 Å². The molecule has 0 saturated carbocycles. The molecule has 6 rings (SSSR count). The van der Waals surface area contributed by atoms with Gasteiger partial charge < -0.3 is 19.9 Å². The highest BCUT2D eigenvalue weighted by atomic mass is 35.5. The molecule has 2 atom stereocenters. The number of nitrogens with zero attached hydrogens (tertiary/aromatic N) is 5. The minimum absolute atomic E-state index is 0.179. The predicted molar refractivity (Wildman–Crippen MR) is 146 cm³/mol. The Morgan fingerprint density at radius 2 is 2.03 bits per heavy atom. The first kappa shape index (κ1) is 24.3. The fourth-order valence-corrected chi connectivity index (χ4v) is 5.76. The molecule has 9 heteroatoms. The Bertz CT molecular complexity index is 1460. The second kappa shape index (κ2) is 10.0. The average molecular weight is 521 g/mol. The highest BCUT2D eigenvalue weighted by Crippen LogP contribution is 2.38. The van der Waals surface area contributed by atoms with Crippen LogP contribution in [0.25, 0.3) is 32.9 Å². The number of aromatic nitrogens is 3. The van der Waals surface area contributed by atoms with E-state index in [9.17, 15) is 0 Å². The van der Waals surface area contributed by atoms with Crippen LogP contribution in [0, 0.1) is 11.7 Å². The molecule has 2 fully saturated rings. The molecule has 0 amide bonds. The number of rotatable bonds is 6. The minimum atomic E-state index is -0.500. The van der Waals surface area contributed by atoms with Crippen LogP contribution in [0.1, 0.15) is 12.8 Å². The molecule has 37 heavy (non-hydrogen) atoms. The molecule has 2 saturated heterocycles. The number of fused-ring (bicyclic) bond motifs is 4. The van der Waals surface area contributed by atoms with Crippen LogP contribution in [-0.2, 0) is 0 Å². The highest BCUT2D eigenvalue weighted by Gasteiger charge is 2.31. The van der Waals surface area contributed by atoms with Crippen LogP contribution in [0.15, 0.2) is 42.6 Å². The van der Waals surface area contributed by atoms with E-state index >= 15 is 4.39 Å². The summed E-state index contributed by atoms with van der Waals surface area (Å²) in [5, 5.41) is 6.44. The molecule has 2 aromatic heterocycles. The lowest BCUT2D eigenvalue weighted by Crippen LogP contribution is -2.39. The Morgan fingerprint density at radius 1 is 1.19 bits per heavy atom. The van der Waals surface area contributed by atoms with Gasteiger partial charge >= 0.3 is 6.01 Å². The number of ether oxygens (including phenoxy) is 1. The third-order valence-electron chi connectivity index (χ3n) is 7.38. The lowest BCUT2D eigenvalue weighted by Gasteiger charge is -2.27. The van der Waals surface area contributed by atoms with Crippen LogP contribution in [0.5, 0.6) is 6.01 Å². The number of anilines is 1. The Labute approximate surface area is 220 Å². The van der Waals surface area contributed by atoms with Gasteiger partial charge in [0.25, 0.3) is 0 Å². The number of likely N-dealkylation sites (N-methyl/N-ethyl adjacent to an activating group) is 1. The number of halogens is 2. The van der Waals surface area contributed by atoms with Crippen molar-refractivity contribution < 1.29 is 9.13 Å². The molecule has 2 aromatic carbocycles. The van der Waals surface area contributed by atoms with E-state index in [-0.39, 0.29) is 17.2 Å². The van der Waals surface area contributed by atoms with E-state index in [2.05, 4.69) is 20.2 Å². The summed E-state index contributed by atoms with van der Waals surface area (Å²) in [5.41, 5.74) is 1.06. The molecular formula is C28H30ClFN6O. The smallest absolute Gasteiger partial charge is 0.319 e. The van der Waals surface area contributed by atoms with Crippen molar-refractivity contribution >= 4 is 39.1 Å². The maximum atomic E-state index is 16.3. The molecular weight excluding hydrogens is 491 g/mol. The van der Waals surface area contributed by atoms with Gasteiger partial charge in [-0.25, -0.2) is 4.39 Å². The topological polar surface area (TPSA) is 66.4 Å². The van der Waals surface area contributed by atoms with E-state index in [1.165, 1.54) is 0 Å². The van der Waals surface area contributed by atoms with Crippen LogP contribution in [0.2, 0.25) is 5.02 Å². The lowest BCUT2D eigenvalue weighted by molar-refractivity contribution is 0.246. The van der Waals surface area contributed by atoms with E-state index in [1.54, 1.807) is 6.20 Å². The van der Waals surface area contributed by atoms with E-state index in [0.29, 0.717) is 46.9 Å². The standard InChI is InChI=1S/C28H30ClFN6O/c1-35(2)11-12-37-28-33-26-21(27(34-28)36-10-9-17-13-19(16-36)31-14-17)15-32-25(24(26)30)20-7-3-5-18-6-4-8-22(29)23(18)20/h3-8,15,17,19,31H,9-14,16H2,1-2H3. The van der Waals surface area contributed by atoms with Crippen molar-refractivity contribution in [2.75, 3.05) is 51.8 Å². The van der Waals surface area contributed by atoms with Crippen molar-refractivity contribution in [3.05, 3.63) is 53.4 Å². The molecule has 4 aromatic rings. The molecule has 1 N–H and O–H groups in total. The summed E-state index contributed by atoms with van der Waals surface area (Å²) in [6.45, 7) is 3.83. The van der Waals surface area contributed by atoms with E-state index < -0.39 is 5.82 Å². The predicted octanol–water partition coefficient (Wildman–Crippen LogP) is 4.77. The SMILES string of the molecule is CN(C)CCOc1nc(N2CCC3CNC(C3)C2)c2cnc(-c3cccc4cccc(Cl)c34)c(F)c2n1. The van der Waals surface area contributed by atoms with Crippen molar-refractivity contribution in [3.63, 3.8) is 0 Å². The van der Waals surface area contributed by atoms with Crippen molar-refractivity contribution in [1.82, 2.24) is 25.2 Å². The first-order valence-electron chi connectivity index (χ1n) is 12.8. The van der Waals surface area contributed by atoms with Crippen LogP contribution in [-0.4, -0.2) is 72.8 Å². The first-order chi connectivity index (χ1) is 18.0. The summed E-state index contributed by atoms with van der Waals surface area (Å²) in [6.07, 6.45) is 3.91. The van der Waals surface area contributed by atoms with Gasteiger partial charge in [-0.2, -0.15) is 9.97 Å². The summed E-state index contributed by atoms with van der Waals surface area (Å²) < 4.78 is 22.3. The third-order valence-corrected chi connectivity index (χ3v) is 7.70. The summed E-state index contributed by atoms with van der Waals surface area (Å²) in [6, 6.07) is 11.9. The van der Waals surface area contributed by atoms with Gasteiger partial charge in [-0.15, -0.1) is 0 Å². The van der Waals surface area contributed by atoms with Crippen LogP contribution in [0.3, 0.4) is 0 Å². The Kier molecular flexibility index (Phi) is 6.56. The summed E-state index contributed by atoms with van der Waals surface area (Å²) in [5.74, 6) is 0.838. The van der Waals surface area contributed by atoms with Gasteiger partial charge in [0, 0.05) is 47.8 Å². The molecule has 2 aliphatic rings. The number of benzene rings is 2. The zero-order valence-electron chi connectivity index (χ0n) is 21.0. The van der Waals surface area contributed by atoms with Crippen LogP contribution in [0.4, 0.5) is 10.2 Å². The van der Waals surface area contributed by atoms with Gasteiger partial charge in [0.15, 0.2) is 5.82 Å². The molecule has 7 nitrogen and oxygen atoms in total. The molecule has 192 valence electrons. The zero-order valence-corrected chi connectivity index (χ0v) is 21.8. The quantitative estimate of drug-likeness (QED) is 0.393. The summed E-state index contributed by atoms with van der Waals surface area (Å²) in [4.78, 5) is 18.2. The van der Waals surface area contributed by atoms with Crippen molar-refractivity contribution in [2.45, 2.75) is 18.9 Å². The Balaban J connectivity index is 1.49. The van der Waals surface area contributed by atoms with Crippen molar-refractivity contribution in [1.29, 1.82) is 0 Å².